The molecule has 0 unspecified atom stereocenters. The van der Waals surface area contributed by atoms with Crippen LogP contribution in [-0.2, 0) is 0 Å². The molecule has 0 aliphatic carbocycles. The zero-order chi connectivity index (χ0) is 19.0. The molecule has 4 rings (SSSR count). The van der Waals surface area contributed by atoms with Gasteiger partial charge in [-0.3, -0.25) is 0 Å². The fourth-order valence-electron chi connectivity index (χ4n) is 2.54. The van der Waals surface area contributed by atoms with Gasteiger partial charge in [-0.1, -0.05) is 59.7 Å². The lowest BCUT2D eigenvalue weighted by Gasteiger charge is -1.96. The molecule has 0 spiro atoms. The van der Waals surface area contributed by atoms with Crippen LogP contribution in [0.25, 0.3) is 33.0 Å². The number of fused-ring (bicyclic) bond motifs is 5. The monoisotopic (exact) mass is 341 g/mol. The Kier molecular flexibility index (Phi) is 7.73. The van der Waals surface area contributed by atoms with Gasteiger partial charge in [-0.15, -0.1) is 0 Å². The Balaban J connectivity index is 0.000000475. The number of H-pyrrole nitrogens is 1. The van der Waals surface area contributed by atoms with Crippen molar-refractivity contribution in [2.45, 2.75) is 41.5 Å². The van der Waals surface area contributed by atoms with Gasteiger partial charge in [0.1, 0.15) is 5.58 Å². The molecule has 0 bridgehead atoms. The van der Waals surface area contributed by atoms with E-state index >= 15 is 0 Å². The SMILES string of the molecule is CC.CC.CC.O=C(O)c1cccc2c1[nH]c1c3ccccc3oc21. The minimum absolute atomic E-state index is 0.257. The van der Waals surface area contributed by atoms with Crippen LogP contribution in [0.5, 0.6) is 0 Å². The number of nitrogens with one attached hydrogen (secondary N) is 1. The zero-order valence-electron chi connectivity index (χ0n) is 15.8. The molecule has 0 atom stereocenters. The van der Waals surface area contributed by atoms with Crippen molar-refractivity contribution in [1.82, 2.24) is 4.98 Å². The summed E-state index contributed by atoms with van der Waals surface area (Å²) in [5.41, 5.74) is 3.22. The normalized spacial score (nSPS) is 9.52. The van der Waals surface area contributed by atoms with Crippen LogP contribution in [0.15, 0.2) is 46.9 Å². The molecule has 134 valence electrons. The second-order valence-electron chi connectivity index (χ2n) is 4.46. The maximum atomic E-state index is 11.2. The minimum Gasteiger partial charge on any atom is -0.478 e. The minimum atomic E-state index is -0.946. The predicted molar refractivity (Wildman–Crippen MR) is 107 cm³/mol. The van der Waals surface area contributed by atoms with Gasteiger partial charge in [0.25, 0.3) is 0 Å². The van der Waals surface area contributed by atoms with Crippen LogP contribution in [0.2, 0.25) is 0 Å². The molecule has 2 heterocycles. The van der Waals surface area contributed by atoms with Crippen molar-refractivity contribution in [3.05, 3.63) is 48.0 Å². The Hall–Kier alpha value is -2.75. The van der Waals surface area contributed by atoms with Crippen LogP contribution in [0.4, 0.5) is 0 Å². The van der Waals surface area contributed by atoms with Crippen molar-refractivity contribution in [1.29, 1.82) is 0 Å². The Bertz CT molecular complexity index is 948. The maximum absolute atomic E-state index is 11.2. The largest absolute Gasteiger partial charge is 0.478 e. The molecule has 4 nitrogen and oxygen atoms in total. The lowest BCUT2D eigenvalue weighted by atomic mass is 10.1. The van der Waals surface area contributed by atoms with Gasteiger partial charge in [-0.05, 0) is 24.3 Å². The van der Waals surface area contributed by atoms with E-state index in [2.05, 4.69) is 4.98 Å². The van der Waals surface area contributed by atoms with E-state index in [0.29, 0.717) is 11.1 Å². The Morgan fingerprint density at radius 1 is 0.840 bits per heavy atom. The molecular weight excluding hydrogens is 314 g/mol. The summed E-state index contributed by atoms with van der Waals surface area (Å²) in [6.45, 7) is 12.0. The van der Waals surface area contributed by atoms with Crippen molar-refractivity contribution in [2.75, 3.05) is 0 Å². The van der Waals surface area contributed by atoms with E-state index in [4.69, 9.17) is 4.42 Å². The standard InChI is InChI=1S/C15H9NO3.3C2H6/c17-15(18)10-6-3-5-9-12(10)16-13-8-4-1-2-7-11(8)19-14(9)13;3*1-2/h1-7,16H,(H,17,18);3*1-2H3. The first-order chi connectivity index (χ1) is 12.3. The number of carboxylic acid groups (broad SMARTS) is 1. The number of furan rings is 1. The fourth-order valence-corrected chi connectivity index (χ4v) is 2.54. The van der Waals surface area contributed by atoms with E-state index in [-0.39, 0.29) is 5.56 Å². The van der Waals surface area contributed by atoms with Crippen molar-refractivity contribution in [2.24, 2.45) is 0 Å². The number of aromatic amines is 1. The van der Waals surface area contributed by atoms with E-state index in [1.54, 1.807) is 12.1 Å². The van der Waals surface area contributed by atoms with Gasteiger partial charge in [0, 0.05) is 10.8 Å². The van der Waals surface area contributed by atoms with Crippen molar-refractivity contribution >= 4 is 38.9 Å². The number of aromatic carboxylic acids is 1. The number of para-hydroxylation sites is 2. The van der Waals surface area contributed by atoms with Gasteiger partial charge in [-0.25, -0.2) is 4.79 Å². The highest BCUT2D eigenvalue weighted by Gasteiger charge is 2.16. The highest BCUT2D eigenvalue weighted by Crippen LogP contribution is 2.34. The number of hydrogen-bond acceptors (Lipinski definition) is 2. The first kappa shape index (κ1) is 20.3. The lowest BCUT2D eigenvalue weighted by Crippen LogP contribution is -1.96. The Labute approximate surface area is 148 Å². The third-order valence-corrected chi connectivity index (χ3v) is 3.38. The first-order valence-electron chi connectivity index (χ1n) is 8.91. The lowest BCUT2D eigenvalue weighted by molar-refractivity contribution is 0.0699. The van der Waals surface area contributed by atoms with E-state index in [1.165, 1.54) is 0 Å². The summed E-state index contributed by atoms with van der Waals surface area (Å²) in [4.78, 5) is 14.4. The highest BCUT2D eigenvalue weighted by atomic mass is 16.4. The Morgan fingerprint density at radius 2 is 1.44 bits per heavy atom. The molecule has 4 heteroatoms. The molecule has 0 aliphatic heterocycles. The molecule has 4 aromatic rings. The second-order valence-corrected chi connectivity index (χ2v) is 4.46. The third-order valence-electron chi connectivity index (χ3n) is 3.38. The van der Waals surface area contributed by atoms with Crippen LogP contribution in [0.1, 0.15) is 51.9 Å². The molecule has 2 aromatic carbocycles. The highest BCUT2D eigenvalue weighted by molar-refractivity contribution is 6.18. The van der Waals surface area contributed by atoms with Gasteiger partial charge >= 0.3 is 5.97 Å². The number of carbonyl (C=O) groups is 1. The van der Waals surface area contributed by atoms with Gasteiger partial charge in [-0.2, -0.15) is 0 Å². The summed E-state index contributed by atoms with van der Waals surface area (Å²) in [5.74, 6) is -0.946. The van der Waals surface area contributed by atoms with E-state index in [9.17, 15) is 9.90 Å². The smallest absolute Gasteiger partial charge is 0.337 e. The summed E-state index contributed by atoms with van der Waals surface area (Å²) in [6.07, 6.45) is 0. The van der Waals surface area contributed by atoms with Crippen LogP contribution >= 0.6 is 0 Å². The van der Waals surface area contributed by atoms with Crippen molar-refractivity contribution in [3.63, 3.8) is 0 Å². The van der Waals surface area contributed by atoms with Crippen LogP contribution in [0.3, 0.4) is 0 Å². The summed E-state index contributed by atoms with van der Waals surface area (Å²) < 4.78 is 5.82. The zero-order valence-corrected chi connectivity index (χ0v) is 15.8. The average Bonchev–Trinajstić information content (AvgIpc) is 3.22. The summed E-state index contributed by atoms with van der Waals surface area (Å²) >= 11 is 0. The van der Waals surface area contributed by atoms with Crippen LogP contribution in [0, 0.1) is 0 Å². The van der Waals surface area contributed by atoms with Gasteiger partial charge in [0.15, 0.2) is 5.58 Å². The fraction of sp³-hybridized carbons (Fsp3) is 0.286. The summed E-state index contributed by atoms with van der Waals surface area (Å²) in [6, 6.07) is 12.9. The van der Waals surface area contributed by atoms with E-state index in [0.717, 1.165) is 21.9 Å². The van der Waals surface area contributed by atoms with Crippen molar-refractivity contribution < 1.29 is 14.3 Å². The molecular formula is C21H27NO3. The number of hydrogen-bond donors (Lipinski definition) is 2. The van der Waals surface area contributed by atoms with Gasteiger partial charge in [0.2, 0.25) is 0 Å². The second kappa shape index (κ2) is 9.52. The predicted octanol–water partition coefficient (Wildman–Crippen LogP) is 6.84. The van der Waals surface area contributed by atoms with E-state index in [1.807, 2.05) is 71.9 Å². The van der Waals surface area contributed by atoms with Gasteiger partial charge < -0.3 is 14.5 Å². The molecule has 2 aromatic heterocycles. The third kappa shape index (κ3) is 3.68. The average molecular weight is 341 g/mol. The molecule has 2 N–H and O–H groups in total. The quantitative estimate of drug-likeness (QED) is 0.398. The number of benzene rings is 2. The number of rotatable bonds is 1. The van der Waals surface area contributed by atoms with Crippen LogP contribution < -0.4 is 0 Å². The maximum Gasteiger partial charge on any atom is 0.337 e. The van der Waals surface area contributed by atoms with E-state index < -0.39 is 5.97 Å². The summed E-state index contributed by atoms with van der Waals surface area (Å²) in [5, 5.41) is 11.0. The van der Waals surface area contributed by atoms with Crippen LogP contribution in [-0.4, -0.2) is 16.1 Å². The molecule has 0 fully saturated rings. The summed E-state index contributed by atoms with van der Waals surface area (Å²) in [7, 11) is 0. The molecule has 0 radical (unpaired) electrons. The number of carboxylic acids is 1. The van der Waals surface area contributed by atoms with Crippen molar-refractivity contribution in [3.8, 4) is 0 Å². The number of aromatic nitrogens is 1. The Morgan fingerprint density at radius 3 is 2.08 bits per heavy atom. The molecule has 0 amide bonds. The topological polar surface area (TPSA) is 66.2 Å². The van der Waals surface area contributed by atoms with Gasteiger partial charge in [0.05, 0.1) is 16.6 Å². The molecule has 0 aliphatic rings. The molecule has 0 saturated heterocycles. The first-order valence-corrected chi connectivity index (χ1v) is 8.91. The molecule has 25 heavy (non-hydrogen) atoms. The molecule has 0 saturated carbocycles.